The van der Waals surface area contributed by atoms with Crippen molar-refractivity contribution in [2.45, 2.75) is 12.4 Å². The smallest absolute Gasteiger partial charge is 0.507 e. The second kappa shape index (κ2) is 6.07. The standard InChI is InChI=1S/C8H4F6IO7P/c9-7(10,11)2-1-3(16)5(15(17)18)4(8(12,13)14)6(2)22-23(19,20)21/h1,16H,(H2,19,20,21). The Labute approximate surface area is 129 Å². The molecule has 0 fully saturated rings. The second-order valence-electron chi connectivity index (χ2n) is 3.76. The molecule has 15 heteroatoms. The third kappa shape index (κ3) is 4.68. The number of phosphoric ester groups is 1. The van der Waals surface area contributed by atoms with Gasteiger partial charge in [-0.25, -0.2) is 10.7 Å². The molecule has 0 aliphatic carbocycles. The summed E-state index contributed by atoms with van der Waals surface area (Å²) >= 11 is -5.23. The fraction of sp³-hybridized carbons (Fsp3) is 0.250. The van der Waals surface area contributed by atoms with Crippen molar-refractivity contribution < 1.29 is 56.5 Å². The van der Waals surface area contributed by atoms with Crippen molar-refractivity contribution in [3.05, 3.63) is 20.8 Å². The average molecular weight is 484 g/mol. The van der Waals surface area contributed by atoms with E-state index in [1.54, 1.807) is 0 Å². The van der Waals surface area contributed by atoms with Crippen LogP contribution in [0.25, 0.3) is 0 Å². The Hall–Kier alpha value is -1.12. The van der Waals surface area contributed by atoms with E-state index in [1.807, 2.05) is 0 Å². The molecule has 1 aromatic carbocycles. The summed E-state index contributed by atoms with van der Waals surface area (Å²) in [4.78, 5) is 17.0. The molecule has 132 valence electrons. The van der Waals surface area contributed by atoms with Crippen LogP contribution in [0.2, 0.25) is 0 Å². The van der Waals surface area contributed by atoms with Crippen LogP contribution in [0.5, 0.6) is 11.5 Å². The lowest BCUT2D eigenvalue weighted by Crippen LogP contribution is -2.16. The molecule has 3 N–H and O–H groups in total. The minimum absolute atomic E-state index is 0.421. The minimum Gasteiger partial charge on any atom is -0.507 e. The van der Waals surface area contributed by atoms with Gasteiger partial charge in [-0.3, -0.25) is 9.79 Å². The maximum absolute atomic E-state index is 12.9. The Bertz CT molecular complexity index is 739. The van der Waals surface area contributed by atoms with Crippen LogP contribution in [0.3, 0.4) is 0 Å². The molecule has 23 heavy (non-hydrogen) atoms. The fourth-order valence-corrected chi connectivity index (χ4v) is 3.49. The molecule has 0 aromatic heterocycles. The summed E-state index contributed by atoms with van der Waals surface area (Å²) in [7, 11) is -5.91. The molecule has 0 saturated carbocycles. The van der Waals surface area contributed by atoms with Gasteiger partial charge in [-0.05, 0) is 6.07 Å². The molecule has 7 nitrogen and oxygen atoms in total. The highest BCUT2D eigenvalue weighted by Gasteiger charge is 2.48. The molecule has 0 amide bonds. The van der Waals surface area contributed by atoms with E-state index in [2.05, 4.69) is 4.52 Å². The predicted molar refractivity (Wildman–Crippen MR) is 64.9 cm³/mol. The molecule has 0 saturated heterocycles. The van der Waals surface area contributed by atoms with Crippen LogP contribution >= 0.6 is 27.6 Å². The fourth-order valence-electron chi connectivity index (χ4n) is 1.46. The Morgan fingerprint density at radius 3 is 1.83 bits per heavy atom. The molecule has 0 atom stereocenters. The van der Waals surface area contributed by atoms with Crippen molar-refractivity contribution in [1.29, 1.82) is 0 Å². The number of phenols is 1. The highest BCUT2D eigenvalue weighted by molar-refractivity contribution is 14.2. The van der Waals surface area contributed by atoms with Crippen LogP contribution in [0.1, 0.15) is 11.1 Å². The molecule has 0 aliphatic rings. The molecular weight excluding hydrogens is 480 g/mol. The van der Waals surface area contributed by atoms with E-state index in [1.165, 1.54) is 0 Å². The van der Waals surface area contributed by atoms with Gasteiger partial charge in [0.15, 0.2) is 5.75 Å². The first-order chi connectivity index (χ1) is 10.1. The van der Waals surface area contributed by atoms with Gasteiger partial charge in [0, 0.05) is 0 Å². The number of aromatic hydroxyl groups is 1. The van der Waals surface area contributed by atoms with Gasteiger partial charge in [-0.2, -0.15) is 26.3 Å². The van der Waals surface area contributed by atoms with Gasteiger partial charge in [0.2, 0.25) is 0 Å². The van der Waals surface area contributed by atoms with Gasteiger partial charge < -0.3 is 9.63 Å². The molecule has 1 aromatic rings. The number of rotatable bonds is 3. The molecule has 1 rings (SSSR count). The van der Waals surface area contributed by atoms with E-state index in [0.717, 1.165) is 0 Å². The number of hydrogen-bond donors (Lipinski definition) is 3. The van der Waals surface area contributed by atoms with Crippen molar-refractivity contribution in [3.63, 3.8) is 0 Å². The molecule has 0 radical (unpaired) electrons. The number of phenolic OH excluding ortho intramolecular Hbond substituents is 1. The highest BCUT2D eigenvalue weighted by atomic mass is 127. The summed E-state index contributed by atoms with van der Waals surface area (Å²) in [6.45, 7) is 0. The van der Waals surface area contributed by atoms with Crippen LogP contribution in [0, 0.1) is 3.57 Å². The molecule has 0 spiro atoms. The number of benzene rings is 1. The number of alkyl halides is 6. The normalized spacial score (nSPS) is 13.4. The van der Waals surface area contributed by atoms with Crippen molar-refractivity contribution in [2.75, 3.05) is 0 Å². The molecule has 0 aliphatic heterocycles. The Kier molecular flexibility index (Phi) is 5.26. The largest absolute Gasteiger partial charge is 0.524 e. The van der Waals surface area contributed by atoms with E-state index in [0.29, 0.717) is 0 Å². The maximum atomic E-state index is 12.9. The lowest BCUT2D eigenvalue weighted by Gasteiger charge is -2.20. The Morgan fingerprint density at radius 1 is 1.04 bits per heavy atom. The third-order valence-corrected chi connectivity index (χ3v) is 4.54. The van der Waals surface area contributed by atoms with Crippen LogP contribution < -0.4 is 4.52 Å². The van der Waals surface area contributed by atoms with E-state index in [4.69, 9.17) is 9.79 Å². The summed E-state index contributed by atoms with van der Waals surface area (Å²) in [5.41, 5.74) is -5.03. The Morgan fingerprint density at radius 2 is 1.52 bits per heavy atom. The highest BCUT2D eigenvalue weighted by Crippen LogP contribution is 2.54. The molecular formula is C8H4F6IO7P. The topological polar surface area (TPSA) is 121 Å². The summed E-state index contributed by atoms with van der Waals surface area (Å²) in [5, 5.41) is 9.18. The number of halogens is 7. The quantitative estimate of drug-likeness (QED) is 0.342. The van der Waals surface area contributed by atoms with Crippen LogP contribution in [0.15, 0.2) is 6.07 Å². The van der Waals surface area contributed by atoms with E-state index in [9.17, 15) is 42.2 Å². The van der Waals surface area contributed by atoms with Gasteiger partial charge in [0.05, 0.1) is 0 Å². The maximum Gasteiger partial charge on any atom is 0.524 e. The zero-order valence-corrected chi connectivity index (χ0v) is 13.2. The summed E-state index contributed by atoms with van der Waals surface area (Å²) < 4.78 is 111. The molecule has 0 heterocycles. The first kappa shape index (κ1) is 19.9. The van der Waals surface area contributed by atoms with Gasteiger partial charge >= 0.3 is 40.0 Å². The van der Waals surface area contributed by atoms with Crippen LogP contribution in [-0.4, -0.2) is 14.9 Å². The average Bonchev–Trinajstić information content (AvgIpc) is 2.24. The molecule has 0 unspecified atom stereocenters. The van der Waals surface area contributed by atoms with Crippen molar-refractivity contribution >= 4 is 27.6 Å². The second-order valence-corrected chi connectivity index (χ2v) is 7.24. The predicted octanol–water partition coefficient (Wildman–Crippen LogP) is 3.27. The van der Waals surface area contributed by atoms with Gasteiger partial charge in [-0.15, -0.1) is 0 Å². The van der Waals surface area contributed by atoms with Gasteiger partial charge in [-0.1, -0.05) is 0 Å². The summed E-state index contributed by atoms with van der Waals surface area (Å²) in [5.74, 6) is -4.29. The van der Waals surface area contributed by atoms with Gasteiger partial charge in [0.1, 0.15) is 20.4 Å². The summed E-state index contributed by atoms with van der Waals surface area (Å²) in [6.07, 6.45) is -11.4. The zero-order chi connectivity index (χ0) is 18.4. The van der Waals surface area contributed by atoms with Gasteiger partial charge in [0.25, 0.3) is 0 Å². The first-order valence-corrected chi connectivity index (χ1v) is 9.27. The SMILES string of the molecule is O=I(=O)c1c(O)cc(C(F)(F)F)c(OP(=O)(O)O)c1C(F)(F)F. The van der Waals surface area contributed by atoms with Crippen LogP contribution in [-0.2, 0) is 23.1 Å². The first-order valence-electron chi connectivity index (χ1n) is 4.90. The van der Waals surface area contributed by atoms with E-state index < -0.39 is 72.2 Å². The minimum atomic E-state index is -5.91. The summed E-state index contributed by atoms with van der Waals surface area (Å²) in [6, 6.07) is -0.421. The molecule has 0 bridgehead atoms. The monoisotopic (exact) mass is 484 g/mol. The third-order valence-electron chi connectivity index (χ3n) is 2.15. The zero-order valence-electron chi connectivity index (χ0n) is 10.1. The van der Waals surface area contributed by atoms with Crippen LogP contribution in [0.4, 0.5) is 26.3 Å². The van der Waals surface area contributed by atoms with Crippen molar-refractivity contribution in [2.24, 2.45) is 0 Å². The van der Waals surface area contributed by atoms with Crippen molar-refractivity contribution in [1.82, 2.24) is 0 Å². The lowest BCUT2D eigenvalue weighted by molar-refractivity contribution is -0.145. The van der Waals surface area contributed by atoms with Crippen molar-refractivity contribution in [3.8, 4) is 11.5 Å². The van der Waals surface area contributed by atoms with E-state index in [-0.39, 0.29) is 0 Å². The Balaban J connectivity index is 4.06. The number of phosphoric acid groups is 1. The number of hydrogen-bond acceptors (Lipinski definition) is 5. The lowest BCUT2D eigenvalue weighted by atomic mass is 10.1. The van der Waals surface area contributed by atoms with E-state index >= 15 is 0 Å².